The lowest BCUT2D eigenvalue weighted by atomic mass is 9.79. The van der Waals surface area contributed by atoms with E-state index in [9.17, 15) is 24.8 Å². The number of aliphatic hydroxyl groups excluding tert-OH is 1. The zero-order valence-corrected chi connectivity index (χ0v) is 20.5. The van der Waals surface area contributed by atoms with Crippen LogP contribution in [0.3, 0.4) is 0 Å². The van der Waals surface area contributed by atoms with Crippen LogP contribution in [-0.4, -0.2) is 49.2 Å². The molecule has 1 aromatic heterocycles. The second-order valence-corrected chi connectivity index (χ2v) is 10.4. The number of hydrogen-bond acceptors (Lipinski definition) is 8. The van der Waals surface area contributed by atoms with E-state index in [1.807, 2.05) is 32.0 Å². The van der Waals surface area contributed by atoms with Crippen LogP contribution in [0.4, 0.5) is 5.69 Å². The number of esters is 1. The molecule has 9 nitrogen and oxygen atoms in total. The first-order chi connectivity index (χ1) is 16.7. The molecule has 0 radical (unpaired) electrons. The highest BCUT2D eigenvalue weighted by Crippen LogP contribution is 2.51. The second-order valence-electron chi connectivity index (χ2n) is 8.92. The molecule has 0 bridgehead atoms. The van der Waals surface area contributed by atoms with E-state index in [-0.39, 0.29) is 41.1 Å². The van der Waals surface area contributed by atoms with Crippen molar-refractivity contribution >= 4 is 29.3 Å². The summed E-state index contributed by atoms with van der Waals surface area (Å²) in [6, 6.07) is 11.2. The van der Waals surface area contributed by atoms with Crippen LogP contribution >= 0.6 is 11.8 Å². The molecule has 10 heteroatoms. The summed E-state index contributed by atoms with van der Waals surface area (Å²) in [6.07, 6.45) is 1.60. The Bertz CT molecular complexity index is 1150. The lowest BCUT2D eigenvalue weighted by Crippen LogP contribution is -2.63. The summed E-state index contributed by atoms with van der Waals surface area (Å²) < 4.78 is 5.54. The third kappa shape index (κ3) is 4.94. The molecule has 2 aliphatic rings. The fourth-order valence-electron chi connectivity index (χ4n) is 4.67. The van der Waals surface area contributed by atoms with E-state index in [1.165, 1.54) is 40.9 Å². The van der Waals surface area contributed by atoms with Gasteiger partial charge in [-0.2, -0.15) is 0 Å². The van der Waals surface area contributed by atoms with Gasteiger partial charge in [-0.05, 0) is 36.8 Å². The van der Waals surface area contributed by atoms with Crippen molar-refractivity contribution in [1.29, 1.82) is 0 Å². The van der Waals surface area contributed by atoms with Gasteiger partial charge in [0.25, 0.3) is 5.69 Å². The molecule has 2 aromatic rings. The van der Waals surface area contributed by atoms with Gasteiger partial charge in [0.2, 0.25) is 5.91 Å². The summed E-state index contributed by atoms with van der Waals surface area (Å²) in [4.78, 5) is 43.1. The number of rotatable bonds is 9. The van der Waals surface area contributed by atoms with Gasteiger partial charge in [0.05, 0.1) is 23.0 Å². The van der Waals surface area contributed by atoms with Gasteiger partial charge < -0.3 is 14.7 Å². The molecule has 1 amide bonds. The molecule has 0 aliphatic carbocycles. The molecule has 1 fully saturated rings. The van der Waals surface area contributed by atoms with Crippen LogP contribution in [0.5, 0.6) is 0 Å². The Morgan fingerprint density at radius 2 is 1.97 bits per heavy atom. The topological polar surface area (TPSA) is 123 Å². The molecule has 3 heterocycles. The van der Waals surface area contributed by atoms with Crippen molar-refractivity contribution in [2.24, 2.45) is 11.8 Å². The highest BCUT2D eigenvalue weighted by molar-refractivity contribution is 8.03. The summed E-state index contributed by atoms with van der Waals surface area (Å²) in [5, 5.41) is 21.1. The average molecular weight is 498 g/mol. The molecule has 4 rings (SSSR count). The van der Waals surface area contributed by atoms with Gasteiger partial charge >= 0.3 is 5.97 Å². The average Bonchev–Trinajstić information content (AvgIpc) is 3.06. The van der Waals surface area contributed by atoms with Crippen molar-refractivity contribution in [3.63, 3.8) is 0 Å². The number of carbonyl (C=O) groups excluding carboxylic acids is 2. The molecule has 0 unspecified atom stereocenters. The number of carbonyl (C=O) groups is 2. The van der Waals surface area contributed by atoms with Crippen LogP contribution in [0, 0.1) is 22.0 Å². The number of ether oxygens (including phenoxy) is 1. The summed E-state index contributed by atoms with van der Waals surface area (Å²) >= 11 is 1.52. The molecular formula is C25H27N3O6S. The fourth-order valence-corrected chi connectivity index (χ4v) is 6.01. The molecular weight excluding hydrogens is 470 g/mol. The Hall–Kier alpha value is -3.24. The minimum absolute atomic E-state index is 0.0498. The highest BCUT2D eigenvalue weighted by atomic mass is 32.2. The number of nitrogens with zero attached hydrogens (tertiary/aromatic N) is 3. The first-order valence-electron chi connectivity index (χ1n) is 11.4. The predicted molar refractivity (Wildman–Crippen MR) is 130 cm³/mol. The normalized spacial score (nSPS) is 22.9. The molecule has 0 saturated carbocycles. The van der Waals surface area contributed by atoms with E-state index in [2.05, 4.69) is 4.98 Å². The van der Waals surface area contributed by atoms with E-state index in [0.29, 0.717) is 12.0 Å². The number of fused-ring (bicyclic) bond motifs is 1. The predicted octanol–water partition coefficient (Wildman–Crippen LogP) is 3.47. The van der Waals surface area contributed by atoms with Crippen molar-refractivity contribution < 1.29 is 24.4 Å². The van der Waals surface area contributed by atoms with Gasteiger partial charge in [-0.3, -0.25) is 19.9 Å². The molecule has 1 aromatic carbocycles. The van der Waals surface area contributed by atoms with Gasteiger partial charge in [0.1, 0.15) is 12.3 Å². The molecule has 35 heavy (non-hydrogen) atoms. The van der Waals surface area contributed by atoms with Crippen molar-refractivity contribution in [2.45, 2.75) is 51.2 Å². The van der Waals surface area contributed by atoms with Crippen LogP contribution in [0.15, 0.2) is 59.3 Å². The van der Waals surface area contributed by atoms with Crippen LogP contribution in [0.1, 0.15) is 32.0 Å². The number of non-ortho nitro benzene ring substituents is 1. The maximum absolute atomic E-state index is 13.2. The zero-order valence-electron chi connectivity index (χ0n) is 19.7. The van der Waals surface area contributed by atoms with E-state index in [0.717, 1.165) is 10.6 Å². The van der Waals surface area contributed by atoms with Gasteiger partial charge in [0.15, 0.2) is 0 Å². The maximum Gasteiger partial charge on any atom is 0.356 e. The maximum atomic E-state index is 13.2. The Morgan fingerprint density at radius 3 is 2.57 bits per heavy atom. The van der Waals surface area contributed by atoms with E-state index in [4.69, 9.17) is 4.74 Å². The quantitative estimate of drug-likeness (QED) is 0.242. The highest BCUT2D eigenvalue weighted by Gasteiger charge is 2.60. The van der Waals surface area contributed by atoms with E-state index < -0.39 is 22.9 Å². The number of aliphatic hydroxyl groups is 1. The van der Waals surface area contributed by atoms with Gasteiger partial charge in [-0.1, -0.05) is 19.9 Å². The minimum atomic E-state index is -0.820. The monoisotopic (exact) mass is 497 g/mol. The first-order valence-corrected chi connectivity index (χ1v) is 12.3. The number of nitro benzene ring substituents is 1. The second kappa shape index (κ2) is 10.2. The minimum Gasteiger partial charge on any atom is -0.456 e. The molecule has 1 saturated heterocycles. The third-order valence-electron chi connectivity index (χ3n) is 6.37. The Morgan fingerprint density at radius 1 is 1.26 bits per heavy atom. The SMILES string of the molecule is C[C@H](Cc1ccccn1)SC1=C(C(=O)OCc2ccc([N+](=O)[O-])cc2)N2C(=O)[C@H]([C@@H](C)O)[C@H]2[C@H]1C. The van der Waals surface area contributed by atoms with Crippen LogP contribution in [0.25, 0.3) is 0 Å². The number of pyridine rings is 1. The molecule has 2 aliphatic heterocycles. The van der Waals surface area contributed by atoms with Crippen molar-refractivity contribution in [2.75, 3.05) is 0 Å². The van der Waals surface area contributed by atoms with Crippen molar-refractivity contribution in [1.82, 2.24) is 9.88 Å². The lowest BCUT2D eigenvalue weighted by Gasteiger charge is -2.46. The van der Waals surface area contributed by atoms with Crippen LogP contribution in [-0.2, 0) is 27.4 Å². The summed E-state index contributed by atoms with van der Waals surface area (Å²) in [6.45, 7) is 5.52. The van der Waals surface area contributed by atoms with E-state index >= 15 is 0 Å². The number of hydrogen-bond donors (Lipinski definition) is 1. The summed E-state index contributed by atoms with van der Waals surface area (Å²) in [7, 11) is 0. The number of β-lactam (4-membered cyclic amide) rings is 1. The van der Waals surface area contributed by atoms with Crippen LogP contribution in [0.2, 0.25) is 0 Å². The van der Waals surface area contributed by atoms with E-state index in [1.54, 1.807) is 13.1 Å². The summed E-state index contributed by atoms with van der Waals surface area (Å²) in [5.74, 6) is -1.60. The molecule has 184 valence electrons. The smallest absolute Gasteiger partial charge is 0.356 e. The van der Waals surface area contributed by atoms with Gasteiger partial charge in [-0.25, -0.2) is 4.79 Å². The van der Waals surface area contributed by atoms with Crippen molar-refractivity contribution in [3.8, 4) is 0 Å². The van der Waals surface area contributed by atoms with Gasteiger partial charge in [0, 0.05) is 46.5 Å². The fraction of sp³-hybridized carbons (Fsp3) is 0.400. The molecule has 1 N–H and O–H groups in total. The van der Waals surface area contributed by atoms with Crippen molar-refractivity contribution in [3.05, 3.63) is 80.6 Å². The first kappa shape index (κ1) is 24.9. The zero-order chi connectivity index (χ0) is 25.3. The largest absolute Gasteiger partial charge is 0.456 e. The standard InChI is InChI=1S/C25H27N3O6S/c1-14(12-18-6-4-5-11-26-18)35-23-15(2)21-20(16(3)29)24(30)27(21)22(23)25(31)34-13-17-7-9-19(10-8-17)28(32)33/h4-11,14-16,20-21,29H,12-13H2,1-3H3/t14-,15-,16-,20-,21-/m1/s1. The molecule has 0 spiro atoms. The number of thioether (sulfide) groups is 1. The van der Waals surface area contributed by atoms with Gasteiger partial charge in [-0.15, -0.1) is 11.8 Å². The Kier molecular flexibility index (Phi) is 7.23. The molecule has 5 atom stereocenters. The summed E-state index contributed by atoms with van der Waals surface area (Å²) in [5.41, 5.74) is 1.71. The van der Waals surface area contributed by atoms with Crippen LogP contribution < -0.4 is 0 Å². The number of amides is 1. The Labute approximate surface area is 207 Å². The number of nitro groups is 1. The lowest BCUT2D eigenvalue weighted by molar-refractivity contribution is -0.384. The Balaban J connectivity index is 1.54. The third-order valence-corrected chi connectivity index (χ3v) is 7.76. The number of aromatic nitrogens is 1. The number of benzene rings is 1.